The van der Waals surface area contributed by atoms with Gasteiger partial charge in [0, 0.05) is 0 Å². The van der Waals surface area contributed by atoms with Crippen molar-refractivity contribution in [3.63, 3.8) is 0 Å². The van der Waals surface area contributed by atoms with Crippen LogP contribution in [0.15, 0.2) is 42.5 Å². The number of hydrogen-bond donors (Lipinski definition) is 0. The van der Waals surface area contributed by atoms with Gasteiger partial charge in [0.15, 0.2) is 0 Å². The Balaban J connectivity index is 0.000000217. The molecule has 0 bridgehead atoms. The Morgan fingerprint density at radius 3 is 1.80 bits per heavy atom. The van der Waals surface area contributed by atoms with E-state index in [0.717, 1.165) is 12.0 Å². The van der Waals surface area contributed by atoms with Gasteiger partial charge in [-0.25, -0.2) is 4.39 Å². The average Bonchev–Trinajstić information content (AvgIpc) is 2.42. The highest BCUT2D eigenvalue weighted by atomic mass is 19.1. The molecule has 0 fully saturated rings. The molecule has 0 nitrogen and oxygen atoms in total. The van der Waals surface area contributed by atoms with Crippen molar-refractivity contribution in [2.75, 3.05) is 0 Å². The number of benzene rings is 2. The summed E-state index contributed by atoms with van der Waals surface area (Å²) < 4.78 is 12.7. The van der Waals surface area contributed by atoms with Crippen molar-refractivity contribution < 1.29 is 4.39 Å². The summed E-state index contributed by atoms with van der Waals surface area (Å²) in [6.45, 7) is 10.5. The lowest BCUT2D eigenvalue weighted by Gasteiger charge is -2.11. The maximum absolute atomic E-state index is 12.7. The van der Waals surface area contributed by atoms with Gasteiger partial charge in [-0.05, 0) is 56.4 Å². The minimum atomic E-state index is -0.139. The number of rotatable bonds is 2. The third-order valence-electron chi connectivity index (χ3n) is 3.59. The van der Waals surface area contributed by atoms with Gasteiger partial charge in [0.1, 0.15) is 5.82 Å². The van der Waals surface area contributed by atoms with Gasteiger partial charge in [0.2, 0.25) is 0 Å². The Hall–Kier alpha value is -1.63. The lowest BCUT2D eigenvalue weighted by molar-refractivity contribution is 0.623. The van der Waals surface area contributed by atoms with Crippen LogP contribution in [-0.2, 0) is 0 Å². The molecule has 2 rings (SSSR count). The molecule has 20 heavy (non-hydrogen) atoms. The van der Waals surface area contributed by atoms with Crippen LogP contribution in [0.5, 0.6) is 0 Å². The molecule has 0 aromatic heterocycles. The van der Waals surface area contributed by atoms with Gasteiger partial charge in [-0.15, -0.1) is 0 Å². The van der Waals surface area contributed by atoms with E-state index >= 15 is 0 Å². The van der Waals surface area contributed by atoms with Crippen LogP contribution in [0, 0.1) is 26.6 Å². The van der Waals surface area contributed by atoms with Crippen molar-refractivity contribution in [2.24, 2.45) is 0 Å². The van der Waals surface area contributed by atoms with Gasteiger partial charge in [-0.2, -0.15) is 0 Å². The lowest BCUT2D eigenvalue weighted by Crippen LogP contribution is -1.95. The normalized spacial score (nSPS) is 11.5. The summed E-state index contributed by atoms with van der Waals surface area (Å²) in [5.74, 6) is 0.394. The van der Waals surface area contributed by atoms with E-state index in [1.165, 1.54) is 22.8 Å². The maximum Gasteiger partial charge on any atom is 0.123 e. The highest BCUT2D eigenvalue weighted by molar-refractivity contribution is 5.29. The molecular weight excluding hydrogens is 247 g/mol. The predicted octanol–water partition coefficient (Wildman–Crippen LogP) is 5.95. The summed E-state index contributed by atoms with van der Waals surface area (Å²) in [4.78, 5) is 0. The monoisotopic (exact) mass is 272 g/mol. The van der Waals surface area contributed by atoms with Crippen LogP contribution in [0.4, 0.5) is 4.39 Å². The van der Waals surface area contributed by atoms with Crippen molar-refractivity contribution >= 4 is 0 Å². The zero-order chi connectivity index (χ0) is 15.1. The van der Waals surface area contributed by atoms with Gasteiger partial charge in [0.25, 0.3) is 0 Å². The molecule has 0 radical (unpaired) electrons. The number of hydrogen-bond acceptors (Lipinski definition) is 0. The molecule has 2 aromatic rings. The van der Waals surface area contributed by atoms with E-state index in [-0.39, 0.29) is 5.82 Å². The highest BCUT2D eigenvalue weighted by Gasteiger charge is 2.06. The number of aryl methyl sites for hydroxylation is 3. The Morgan fingerprint density at radius 1 is 0.900 bits per heavy atom. The van der Waals surface area contributed by atoms with Crippen LogP contribution in [0.25, 0.3) is 0 Å². The predicted molar refractivity (Wildman–Crippen MR) is 85.8 cm³/mol. The highest BCUT2D eigenvalue weighted by Crippen LogP contribution is 2.22. The largest absolute Gasteiger partial charge is 0.207 e. The van der Waals surface area contributed by atoms with Crippen molar-refractivity contribution in [3.8, 4) is 0 Å². The molecule has 0 aliphatic rings. The molecule has 1 heteroatoms. The molecule has 0 aliphatic carbocycles. The van der Waals surface area contributed by atoms with Crippen molar-refractivity contribution in [3.05, 3.63) is 70.5 Å². The second-order valence-electron chi connectivity index (χ2n) is 5.46. The van der Waals surface area contributed by atoms with Crippen molar-refractivity contribution in [1.82, 2.24) is 0 Å². The van der Waals surface area contributed by atoms with Crippen molar-refractivity contribution in [1.29, 1.82) is 0 Å². The van der Waals surface area contributed by atoms with Crippen LogP contribution >= 0.6 is 0 Å². The van der Waals surface area contributed by atoms with E-state index in [0.29, 0.717) is 5.92 Å². The molecule has 0 saturated heterocycles. The van der Waals surface area contributed by atoms with Gasteiger partial charge in [-0.3, -0.25) is 0 Å². The van der Waals surface area contributed by atoms with E-state index in [9.17, 15) is 4.39 Å². The quantitative estimate of drug-likeness (QED) is 0.633. The summed E-state index contributed by atoms with van der Waals surface area (Å²) in [6.07, 6.45) is 1.10. The summed E-state index contributed by atoms with van der Waals surface area (Å²) in [6, 6.07) is 13.5. The fraction of sp³-hybridized carbons (Fsp3) is 0.368. The maximum atomic E-state index is 12.7. The molecule has 0 amide bonds. The van der Waals surface area contributed by atoms with Crippen LogP contribution in [0.3, 0.4) is 0 Å². The number of halogens is 1. The molecule has 0 N–H and O–H groups in total. The molecule has 1 atom stereocenters. The summed E-state index contributed by atoms with van der Waals surface area (Å²) in [5, 5.41) is 0. The average molecular weight is 272 g/mol. The van der Waals surface area contributed by atoms with E-state index < -0.39 is 0 Å². The first kappa shape index (κ1) is 16.4. The summed E-state index contributed by atoms with van der Waals surface area (Å²) in [7, 11) is 0. The van der Waals surface area contributed by atoms with Crippen LogP contribution < -0.4 is 0 Å². The Morgan fingerprint density at radius 2 is 1.40 bits per heavy atom. The van der Waals surface area contributed by atoms with Crippen LogP contribution in [0.1, 0.15) is 48.4 Å². The zero-order valence-corrected chi connectivity index (χ0v) is 13.2. The first-order chi connectivity index (χ1) is 9.43. The first-order valence-electron chi connectivity index (χ1n) is 7.23. The lowest BCUT2D eigenvalue weighted by atomic mass is 9.94. The minimum Gasteiger partial charge on any atom is -0.207 e. The molecule has 0 spiro atoms. The van der Waals surface area contributed by atoms with E-state index in [1.54, 1.807) is 6.07 Å². The Bertz CT molecular complexity index is 505. The topological polar surface area (TPSA) is 0 Å². The van der Waals surface area contributed by atoms with Crippen LogP contribution in [-0.4, -0.2) is 0 Å². The van der Waals surface area contributed by atoms with Gasteiger partial charge < -0.3 is 0 Å². The Kier molecular flexibility index (Phi) is 6.44. The smallest absolute Gasteiger partial charge is 0.123 e. The minimum absolute atomic E-state index is 0.139. The van der Waals surface area contributed by atoms with E-state index in [4.69, 9.17) is 0 Å². The molecule has 0 heterocycles. The molecule has 108 valence electrons. The molecule has 0 saturated carbocycles. The first-order valence-corrected chi connectivity index (χ1v) is 7.23. The molecule has 0 aliphatic heterocycles. The van der Waals surface area contributed by atoms with E-state index in [2.05, 4.69) is 52.0 Å². The zero-order valence-electron chi connectivity index (χ0n) is 13.2. The van der Waals surface area contributed by atoms with Gasteiger partial charge in [0.05, 0.1) is 0 Å². The SMILES string of the molecule is CCC(C)c1ccc(F)cc1C.Cc1ccc(C)cc1. The van der Waals surface area contributed by atoms with Crippen LogP contribution in [0.2, 0.25) is 0 Å². The van der Waals surface area contributed by atoms with Gasteiger partial charge >= 0.3 is 0 Å². The van der Waals surface area contributed by atoms with Gasteiger partial charge in [-0.1, -0.05) is 55.3 Å². The van der Waals surface area contributed by atoms with E-state index in [1.807, 2.05) is 13.0 Å². The second-order valence-corrected chi connectivity index (χ2v) is 5.46. The molecule has 1 unspecified atom stereocenters. The van der Waals surface area contributed by atoms with Crippen molar-refractivity contribution in [2.45, 2.75) is 47.0 Å². The fourth-order valence-electron chi connectivity index (χ4n) is 2.05. The summed E-state index contributed by atoms with van der Waals surface area (Å²) in [5.41, 5.74) is 4.98. The fourth-order valence-corrected chi connectivity index (χ4v) is 2.05. The Labute approximate surface area is 122 Å². The second kappa shape index (κ2) is 7.84. The summed E-state index contributed by atoms with van der Waals surface area (Å²) >= 11 is 0. The third kappa shape index (κ3) is 5.16. The molecule has 2 aromatic carbocycles. The third-order valence-corrected chi connectivity index (χ3v) is 3.59. The molecular formula is C19H25F. The standard InChI is InChI=1S/C11H15F.C8H10/c1-4-8(2)11-6-5-10(12)7-9(11)3;1-7-3-5-8(2)6-4-7/h5-8H,4H2,1-3H3;3-6H,1-2H3.